The monoisotopic (exact) mass is 271 g/mol. The zero-order chi connectivity index (χ0) is 13.2. The molecule has 0 bridgehead atoms. The normalized spacial score (nSPS) is 10.5. The van der Waals surface area contributed by atoms with E-state index in [9.17, 15) is 9.90 Å². The van der Waals surface area contributed by atoms with Crippen molar-refractivity contribution in [2.75, 3.05) is 5.32 Å². The smallest absolute Gasteiger partial charge is 0.259 e. The van der Waals surface area contributed by atoms with Crippen molar-refractivity contribution in [1.82, 2.24) is 9.97 Å². The van der Waals surface area contributed by atoms with E-state index in [4.69, 9.17) is 0 Å². The van der Waals surface area contributed by atoms with E-state index in [2.05, 4.69) is 15.3 Å². The van der Waals surface area contributed by atoms with E-state index in [1.807, 2.05) is 12.1 Å². The maximum Gasteiger partial charge on any atom is 0.259 e. The molecule has 0 unspecified atom stereocenters. The molecule has 0 atom stereocenters. The first-order valence-electron chi connectivity index (χ1n) is 5.51. The zero-order valence-electron chi connectivity index (χ0n) is 9.70. The maximum atomic E-state index is 12.0. The molecule has 19 heavy (non-hydrogen) atoms. The zero-order valence-corrected chi connectivity index (χ0v) is 10.5. The number of carbonyl (C=O) groups excluding carboxylic acids is 1. The third-order valence-electron chi connectivity index (χ3n) is 2.63. The molecule has 1 amide bonds. The molecule has 94 valence electrons. The number of nitrogens with one attached hydrogen (secondary N) is 1. The van der Waals surface area contributed by atoms with Crippen LogP contribution in [0, 0.1) is 0 Å². The molecule has 2 heterocycles. The van der Waals surface area contributed by atoms with Crippen LogP contribution in [0.1, 0.15) is 10.4 Å². The fraction of sp³-hybridized carbons (Fsp3) is 0. The summed E-state index contributed by atoms with van der Waals surface area (Å²) in [5.74, 6) is -0.511. The van der Waals surface area contributed by atoms with Crippen LogP contribution in [-0.2, 0) is 0 Å². The number of rotatable bonds is 2. The van der Waals surface area contributed by atoms with Gasteiger partial charge in [-0.2, -0.15) is 0 Å². The molecule has 0 saturated carbocycles. The van der Waals surface area contributed by atoms with Gasteiger partial charge >= 0.3 is 0 Å². The molecule has 0 aliphatic carbocycles. The van der Waals surface area contributed by atoms with Crippen molar-refractivity contribution in [3.63, 3.8) is 0 Å². The van der Waals surface area contributed by atoms with Crippen LogP contribution in [0.4, 0.5) is 5.69 Å². The largest absolute Gasteiger partial charge is 0.505 e. The lowest BCUT2D eigenvalue weighted by molar-refractivity contribution is 0.102. The van der Waals surface area contributed by atoms with Gasteiger partial charge in [-0.05, 0) is 24.3 Å². The van der Waals surface area contributed by atoms with Crippen molar-refractivity contribution in [3.05, 3.63) is 47.7 Å². The molecule has 1 aromatic carbocycles. The molecule has 2 N–H and O–H groups in total. The van der Waals surface area contributed by atoms with Crippen molar-refractivity contribution >= 4 is 33.1 Å². The number of carbonyl (C=O) groups is 1. The summed E-state index contributed by atoms with van der Waals surface area (Å²) in [6.07, 6.45) is 2.70. The summed E-state index contributed by atoms with van der Waals surface area (Å²) in [5.41, 5.74) is 3.51. The van der Waals surface area contributed by atoms with Crippen LogP contribution in [-0.4, -0.2) is 21.0 Å². The fourth-order valence-corrected chi connectivity index (χ4v) is 2.43. The Balaban J connectivity index is 1.88. The number of amides is 1. The van der Waals surface area contributed by atoms with E-state index in [0.717, 1.165) is 10.2 Å². The van der Waals surface area contributed by atoms with Gasteiger partial charge in [-0.1, -0.05) is 0 Å². The van der Waals surface area contributed by atoms with Crippen LogP contribution in [0.5, 0.6) is 5.75 Å². The van der Waals surface area contributed by atoms with Crippen LogP contribution in [0.25, 0.3) is 10.2 Å². The molecule has 0 aliphatic heterocycles. The van der Waals surface area contributed by atoms with Crippen LogP contribution in [0.2, 0.25) is 0 Å². The van der Waals surface area contributed by atoms with Crippen LogP contribution < -0.4 is 5.32 Å². The number of thiazole rings is 1. The lowest BCUT2D eigenvalue weighted by Gasteiger charge is -2.06. The quantitative estimate of drug-likeness (QED) is 0.751. The number of pyridine rings is 1. The molecule has 0 aliphatic rings. The summed E-state index contributed by atoms with van der Waals surface area (Å²) >= 11 is 1.51. The maximum absolute atomic E-state index is 12.0. The van der Waals surface area contributed by atoms with Gasteiger partial charge in [-0.15, -0.1) is 11.3 Å². The Hall–Kier alpha value is -2.47. The highest BCUT2D eigenvalue weighted by atomic mass is 32.1. The molecule has 3 rings (SSSR count). The predicted molar refractivity (Wildman–Crippen MR) is 73.5 cm³/mol. The first kappa shape index (κ1) is 11.6. The number of fused-ring (bicyclic) bond motifs is 1. The van der Waals surface area contributed by atoms with Gasteiger partial charge in [-0.25, -0.2) is 4.98 Å². The lowest BCUT2D eigenvalue weighted by Crippen LogP contribution is -2.12. The highest BCUT2D eigenvalue weighted by Gasteiger charge is 2.11. The molecular weight excluding hydrogens is 262 g/mol. The molecule has 0 fully saturated rings. The number of benzene rings is 1. The summed E-state index contributed by atoms with van der Waals surface area (Å²) in [7, 11) is 0. The second-order valence-electron chi connectivity index (χ2n) is 3.88. The van der Waals surface area contributed by atoms with Gasteiger partial charge in [0.15, 0.2) is 0 Å². The Bertz CT molecular complexity index is 754. The van der Waals surface area contributed by atoms with Crippen molar-refractivity contribution in [1.29, 1.82) is 0 Å². The van der Waals surface area contributed by atoms with Crippen LogP contribution in [0.15, 0.2) is 42.2 Å². The topological polar surface area (TPSA) is 75.1 Å². The van der Waals surface area contributed by atoms with Crippen molar-refractivity contribution in [2.45, 2.75) is 0 Å². The van der Waals surface area contributed by atoms with Gasteiger partial charge in [0, 0.05) is 11.9 Å². The lowest BCUT2D eigenvalue weighted by atomic mass is 10.2. The third kappa shape index (κ3) is 2.25. The molecule has 0 spiro atoms. The Morgan fingerprint density at radius 2 is 2.21 bits per heavy atom. The minimum absolute atomic E-state index is 0.140. The van der Waals surface area contributed by atoms with E-state index in [0.29, 0.717) is 5.69 Å². The molecular formula is C13H9N3O2S. The molecule has 0 radical (unpaired) electrons. The molecule has 0 saturated heterocycles. The summed E-state index contributed by atoms with van der Waals surface area (Å²) in [5, 5.41) is 12.3. The predicted octanol–water partition coefficient (Wildman–Crippen LogP) is 2.65. The highest BCUT2D eigenvalue weighted by Crippen LogP contribution is 2.23. The van der Waals surface area contributed by atoms with Gasteiger partial charge in [0.25, 0.3) is 5.91 Å². The van der Waals surface area contributed by atoms with Crippen molar-refractivity contribution in [3.8, 4) is 5.75 Å². The van der Waals surface area contributed by atoms with Gasteiger partial charge in [0.1, 0.15) is 5.75 Å². The second-order valence-corrected chi connectivity index (χ2v) is 4.77. The number of hydrogen-bond acceptors (Lipinski definition) is 5. The summed E-state index contributed by atoms with van der Waals surface area (Å²) < 4.78 is 0.997. The highest BCUT2D eigenvalue weighted by molar-refractivity contribution is 7.16. The van der Waals surface area contributed by atoms with E-state index in [1.165, 1.54) is 29.8 Å². The summed E-state index contributed by atoms with van der Waals surface area (Å²) in [6, 6.07) is 6.94. The van der Waals surface area contributed by atoms with Gasteiger partial charge in [0.2, 0.25) is 0 Å². The van der Waals surface area contributed by atoms with Crippen LogP contribution in [0.3, 0.4) is 0 Å². The van der Waals surface area contributed by atoms with E-state index < -0.39 is 0 Å². The van der Waals surface area contributed by atoms with Gasteiger partial charge < -0.3 is 10.4 Å². The molecule has 6 heteroatoms. The Morgan fingerprint density at radius 1 is 1.32 bits per heavy atom. The van der Waals surface area contributed by atoms with E-state index >= 15 is 0 Å². The fourth-order valence-electron chi connectivity index (χ4n) is 1.71. The average molecular weight is 271 g/mol. The average Bonchev–Trinajstić information content (AvgIpc) is 2.86. The summed E-state index contributed by atoms with van der Waals surface area (Å²) in [4.78, 5) is 19.9. The molecule has 3 aromatic rings. The SMILES string of the molecule is O=C(Nc1ccc2ncsc2c1)c1ccncc1O. The number of anilines is 1. The van der Waals surface area contributed by atoms with Crippen molar-refractivity contribution < 1.29 is 9.90 Å². The number of aromatic nitrogens is 2. The van der Waals surface area contributed by atoms with Crippen LogP contribution >= 0.6 is 11.3 Å². The standard InChI is InChI=1S/C13H9N3O2S/c17-11-6-14-4-3-9(11)13(18)16-8-1-2-10-12(5-8)19-7-15-10/h1-7,17H,(H,16,18). The Morgan fingerprint density at radius 3 is 3.05 bits per heavy atom. The Labute approximate surface area is 112 Å². The second kappa shape index (κ2) is 4.66. The number of nitrogens with zero attached hydrogens (tertiary/aromatic N) is 2. The van der Waals surface area contributed by atoms with Crippen molar-refractivity contribution in [2.24, 2.45) is 0 Å². The number of aromatic hydroxyl groups is 1. The first-order valence-corrected chi connectivity index (χ1v) is 6.39. The van der Waals surface area contributed by atoms with Gasteiger partial charge in [-0.3, -0.25) is 9.78 Å². The molecule has 2 aromatic heterocycles. The minimum Gasteiger partial charge on any atom is -0.505 e. The van der Waals surface area contributed by atoms with E-state index in [1.54, 1.807) is 11.6 Å². The summed E-state index contributed by atoms with van der Waals surface area (Å²) in [6.45, 7) is 0. The Kier molecular flexibility index (Phi) is 2.85. The first-order chi connectivity index (χ1) is 9.24. The minimum atomic E-state index is -0.372. The van der Waals surface area contributed by atoms with Gasteiger partial charge in [0.05, 0.1) is 27.5 Å². The van der Waals surface area contributed by atoms with E-state index in [-0.39, 0.29) is 17.2 Å². The molecule has 5 nitrogen and oxygen atoms in total. The number of hydrogen-bond donors (Lipinski definition) is 2. The third-order valence-corrected chi connectivity index (χ3v) is 3.43.